The van der Waals surface area contributed by atoms with Gasteiger partial charge in [-0.3, -0.25) is 4.79 Å². The average Bonchev–Trinajstić information content (AvgIpc) is 2.90. The maximum absolute atomic E-state index is 11.7. The molecule has 2 rings (SSSR count). The molecule has 0 fully saturated rings. The molecule has 20 heavy (non-hydrogen) atoms. The molecule has 1 amide bonds. The molecule has 1 aromatic heterocycles. The fourth-order valence-electron chi connectivity index (χ4n) is 1.63. The highest BCUT2D eigenvalue weighted by Crippen LogP contribution is 2.18. The molecule has 0 aliphatic carbocycles. The van der Waals surface area contributed by atoms with Crippen LogP contribution in [0.15, 0.2) is 36.8 Å². The Morgan fingerprint density at radius 3 is 2.55 bits per heavy atom. The Kier molecular flexibility index (Phi) is 4.20. The number of carbonyl (C=O) groups is 1. The van der Waals surface area contributed by atoms with Gasteiger partial charge in [0.15, 0.2) is 0 Å². The molecule has 0 aliphatic rings. The molecule has 0 saturated heterocycles. The van der Waals surface area contributed by atoms with Gasteiger partial charge in [0.2, 0.25) is 5.91 Å². The van der Waals surface area contributed by atoms with Crippen LogP contribution in [0.2, 0.25) is 0 Å². The van der Waals surface area contributed by atoms with E-state index in [9.17, 15) is 4.79 Å². The SMILES string of the molecule is CC(C)(C)OCC(=O)Nc1ccc(-c2cnc[nH]2)cc1. The average molecular weight is 273 g/mol. The summed E-state index contributed by atoms with van der Waals surface area (Å²) in [6.07, 6.45) is 3.39. The number of benzene rings is 1. The maximum atomic E-state index is 11.7. The lowest BCUT2D eigenvalue weighted by atomic mass is 10.1. The second kappa shape index (κ2) is 5.88. The van der Waals surface area contributed by atoms with Crippen molar-refractivity contribution in [2.75, 3.05) is 11.9 Å². The van der Waals surface area contributed by atoms with Gasteiger partial charge in [0.05, 0.1) is 23.8 Å². The third-order valence-corrected chi connectivity index (χ3v) is 2.61. The van der Waals surface area contributed by atoms with Gasteiger partial charge in [-0.05, 0) is 38.5 Å². The predicted octanol–water partition coefficient (Wildman–Crippen LogP) is 2.83. The van der Waals surface area contributed by atoms with E-state index in [1.807, 2.05) is 45.0 Å². The Morgan fingerprint density at radius 1 is 1.30 bits per heavy atom. The summed E-state index contributed by atoms with van der Waals surface area (Å²) in [5, 5.41) is 2.80. The Hall–Kier alpha value is -2.14. The molecule has 2 aromatic rings. The summed E-state index contributed by atoms with van der Waals surface area (Å²) >= 11 is 0. The van der Waals surface area contributed by atoms with E-state index in [0.717, 1.165) is 16.9 Å². The van der Waals surface area contributed by atoms with Crippen molar-refractivity contribution in [3.63, 3.8) is 0 Å². The summed E-state index contributed by atoms with van der Waals surface area (Å²) in [5.74, 6) is -0.158. The standard InChI is InChI=1S/C15H19N3O2/c1-15(2,3)20-9-14(19)18-12-6-4-11(5-7-12)13-8-16-10-17-13/h4-8,10H,9H2,1-3H3,(H,16,17)(H,18,19). The number of hydrogen-bond acceptors (Lipinski definition) is 3. The first-order chi connectivity index (χ1) is 9.44. The molecule has 0 bridgehead atoms. The Balaban J connectivity index is 1.92. The summed E-state index contributed by atoms with van der Waals surface area (Å²) in [6, 6.07) is 7.55. The smallest absolute Gasteiger partial charge is 0.250 e. The highest BCUT2D eigenvalue weighted by molar-refractivity contribution is 5.91. The van der Waals surface area contributed by atoms with Gasteiger partial charge in [-0.1, -0.05) is 12.1 Å². The number of aromatic nitrogens is 2. The van der Waals surface area contributed by atoms with E-state index in [4.69, 9.17) is 4.74 Å². The van der Waals surface area contributed by atoms with E-state index in [1.54, 1.807) is 12.5 Å². The molecule has 0 unspecified atom stereocenters. The van der Waals surface area contributed by atoms with E-state index < -0.39 is 0 Å². The zero-order valence-corrected chi connectivity index (χ0v) is 11.9. The summed E-state index contributed by atoms with van der Waals surface area (Å²) < 4.78 is 5.42. The van der Waals surface area contributed by atoms with Gasteiger partial charge in [-0.25, -0.2) is 4.98 Å². The predicted molar refractivity (Wildman–Crippen MR) is 78.4 cm³/mol. The van der Waals surface area contributed by atoms with Crippen molar-refractivity contribution in [3.05, 3.63) is 36.8 Å². The van der Waals surface area contributed by atoms with Gasteiger partial charge >= 0.3 is 0 Å². The maximum Gasteiger partial charge on any atom is 0.250 e. The van der Waals surface area contributed by atoms with Crippen molar-refractivity contribution >= 4 is 11.6 Å². The van der Waals surface area contributed by atoms with Crippen LogP contribution in [0.4, 0.5) is 5.69 Å². The molecule has 2 N–H and O–H groups in total. The molecule has 0 aliphatic heterocycles. The number of rotatable bonds is 4. The molecule has 0 saturated carbocycles. The number of aromatic amines is 1. The lowest BCUT2D eigenvalue weighted by Crippen LogP contribution is -2.27. The van der Waals surface area contributed by atoms with Gasteiger partial charge < -0.3 is 15.0 Å². The minimum Gasteiger partial charge on any atom is -0.366 e. The molecule has 0 radical (unpaired) electrons. The second-order valence-electron chi connectivity index (χ2n) is 5.49. The fraction of sp³-hybridized carbons (Fsp3) is 0.333. The molecular formula is C15H19N3O2. The lowest BCUT2D eigenvalue weighted by molar-refractivity contribution is -0.125. The van der Waals surface area contributed by atoms with Crippen LogP contribution in [-0.2, 0) is 9.53 Å². The number of nitrogens with zero attached hydrogens (tertiary/aromatic N) is 1. The quantitative estimate of drug-likeness (QED) is 0.900. The Bertz CT molecular complexity index is 554. The minimum absolute atomic E-state index is 0.0474. The number of nitrogens with one attached hydrogen (secondary N) is 2. The lowest BCUT2D eigenvalue weighted by Gasteiger charge is -2.19. The molecule has 1 aromatic carbocycles. The largest absolute Gasteiger partial charge is 0.366 e. The van der Waals surface area contributed by atoms with E-state index in [0.29, 0.717) is 0 Å². The topological polar surface area (TPSA) is 67.0 Å². The fourth-order valence-corrected chi connectivity index (χ4v) is 1.63. The monoisotopic (exact) mass is 273 g/mol. The number of ether oxygens (including phenoxy) is 1. The van der Waals surface area contributed by atoms with E-state index in [1.165, 1.54) is 0 Å². The van der Waals surface area contributed by atoms with Gasteiger partial charge in [0.1, 0.15) is 6.61 Å². The molecule has 5 heteroatoms. The summed E-state index contributed by atoms with van der Waals surface area (Å²) in [4.78, 5) is 18.7. The first-order valence-corrected chi connectivity index (χ1v) is 6.47. The Morgan fingerprint density at radius 2 is 2.00 bits per heavy atom. The molecule has 5 nitrogen and oxygen atoms in total. The van der Waals surface area contributed by atoms with Crippen molar-refractivity contribution < 1.29 is 9.53 Å². The number of carbonyl (C=O) groups excluding carboxylic acids is 1. The third kappa shape index (κ3) is 4.20. The van der Waals surface area contributed by atoms with Crippen LogP contribution in [0.25, 0.3) is 11.3 Å². The van der Waals surface area contributed by atoms with E-state index in [-0.39, 0.29) is 18.1 Å². The van der Waals surface area contributed by atoms with Gasteiger partial charge in [0, 0.05) is 5.69 Å². The zero-order chi connectivity index (χ0) is 14.6. The van der Waals surface area contributed by atoms with Crippen LogP contribution in [0.3, 0.4) is 0 Å². The van der Waals surface area contributed by atoms with Crippen LogP contribution in [0, 0.1) is 0 Å². The van der Waals surface area contributed by atoms with Crippen LogP contribution in [0.1, 0.15) is 20.8 Å². The normalized spacial score (nSPS) is 11.3. The minimum atomic E-state index is -0.318. The van der Waals surface area contributed by atoms with Crippen LogP contribution in [0.5, 0.6) is 0 Å². The third-order valence-electron chi connectivity index (χ3n) is 2.61. The molecule has 0 spiro atoms. The molecule has 0 atom stereocenters. The number of H-pyrrole nitrogens is 1. The number of hydrogen-bond donors (Lipinski definition) is 2. The van der Waals surface area contributed by atoms with Crippen molar-refractivity contribution in [3.8, 4) is 11.3 Å². The summed E-state index contributed by atoms with van der Waals surface area (Å²) in [6.45, 7) is 5.80. The first kappa shape index (κ1) is 14.3. The number of anilines is 1. The number of amides is 1. The van der Waals surface area contributed by atoms with Crippen molar-refractivity contribution in [2.24, 2.45) is 0 Å². The van der Waals surface area contributed by atoms with Crippen molar-refractivity contribution in [1.82, 2.24) is 9.97 Å². The molecule has 1 heterocycles. The van der Waals surface area contributed by atoms with Crippen LogP contribution < -0.4 is 5.32 Å². The van der Waals surface area contributed by atoms with E-state index in [2.05, 4.69) is 15.3 Å². The summed E-state index contributed by atoms with van der Waals surface area (Å²) in [5.41, 5.74) is 2.39. The summed E-state index contributed by atoms with van der Waals surface area (Å²) in [7, 11) is 0. The molecular weight excluding hydrogens is 254 g/mol. The first-order valence-electron chi connectivity index (χ1n) is 6.47. The van der Waals surface area contributed by atoms with Gasteiger partial charge in [-0.15, -0.1) is 0 Å². The van der Waals surface area contributed by atoms with Gasteiger partial charge in [0.25, 0.3) is 0 Å². The number of imidazole rings is 1. The zero-order valence-electron chi connectivity index (χ0n) is 11.9. The van der Waals surface area contributed by atoms with Crippen molar-refractivity contribution in [2.45, 2.75) is 26.4 Å². The molecule has 106 valence electrons. The van der Waals surface area contributed by atoms with E-state index >= 15 is 0 Å². The Labute approximate surface area is 118 Å². The highest BCUT2D eigenvalue weighted by Gasteiger charge is 2.12. The van der Waals surface area contributed by atoms with Crippen LogP contribution >= 0.6 is 0 Å². The van der Waals surface area contributed by atoms with Crippen LogP contribution in [-0.4, -0.2) is 28.1 Å². The second-order valence-corrected chi connectivity index (χ2v) is 5.49. The highest BCUT2D eigenvalue weighted by atomic mass is 16.5. The van der Waals surface area contributed by atoms with Crippen molar-refractivity contribution in [1.29, 1.82) is 0 Å². The van der Waals surface area contributed by atoms with Gasteiger partial charge in [-0.2, -0.15) is 0 Å².